The molecule has 168 valence electrons. The van der Waals surface area contributed by atoms with Crippen molar-refractivity contribution >= 4 is 39.6 Å². The Morgan fingerprint density at radius 3 is 2.47 bits per heavy atom. The lowest BCUT2D eigenvalue weighted by Crippen LogP contribution is -2.26. The van der Waals surface area contributed by atoms with E-state index in [-0.39, 0.29) is 11.5 Å². The number of carboxylic acids is 1. The first-order chi connectivity index (χ1) is 16.5. The number of benzene rings is 2. The third kappa shape index (κ3) is 4.32. The summed E-state index contributed by atoms with van der Waals surface area (Å²) in [4.78, 5) is 26.4. The van der Waals surface area contributed by atoms with Gasteiger partial charge in [-0.1, -0.05) is 46.3 Å². The molecule has 0 spiro atoms. The van der Waals surface area contributed by atoms with Gasteiger partial charge in [0.1, 0.15) is 11.5 Å². The zero-order chi connectivity index (χ0) is 23.7. The van der Waals surface area contributed by atoms with Gasteiger partial charge >= 0.3 is 5.97 Å². The normalized spacial score (nSPS) is 16.7. The highest BCUT2D eigenvalue weighted by atomic mass is 79.9. The van der Waals surface area contributed by atoms with Crippen LogP contribution in [0.15, 0.2) is 111 Å². The minimum absolute atomic E-state index is 0.174. The average Bonchev–Trinajstić information content (AvgIpc) is 3.45. The van der Waals surface area contributed by atoms with Crippen molar-refractivity contribution in [1.82, 2.24) is 0 Å². The molecule has 0 radical (unpaired) electrons. The summed E-state index contributed by atoms with van der Waals surface area (Å²) in [5.41, 5.74) is 4.09. The maximum absolute atomic E-state index is 13.5. The van der Waals surface area contributed by atoms with E-state index in [1.165, 1.54) is 12.1 Å². The number of carbonyl (C=O) groups is 2. The maximum atomic E-state index is 13.5. The summed E-state index contributed by atoms with van der Waals surface area (Å²) >= 11 is 3.44. The molecule has 0 fully saturated rings. The van der Waals surface area contributed by atoms with E-state index in [0.29, 0.717) is 17.0 Å². The van der Waals surface area contributed by atoms with Crippen molar-refractivity contribution in [2.75, 3.05) is 4.90 Å². The minimum atomic E-state index is -1.00. The van der Waals surface area contributed by atoms with Crippen LogP contribution in [0.1, 0.15) is 29.0 Å². The summed E-state index contributed by atoms with van der Waals surface area (Å²) in [5.74, 6) is 0.109. The Kier molecular flexibility index (Phi) is 5.90. The summed E-state index contributed by atoms with van der Waals surface area (Å²) in [6, 6.07) is 17.9. The summed E-state index contributed by atoms with van der Waals surface area (Å²) in [7, 11) is 0. The van der Waals surface area contributed by atoms with Gasteiger partial charge in [0.2, 0.25) is 0 Å². The fourth-order valence-corrected chi connectivity index (χ4v) is 4.29. The van der Waals surface area contributed by atoms with Gasteiger partial charge in [-0.05, 0) is 79.1 Å². The summed E-state index contributed by atoms with van der Waals surface area (Å²) < 4.78 is 6.99. The van der Waals surface area contributed by atoms with Gasteiger partial charge < -0.3 is 9.52 Å². The van der Waals surface area contributed by atoms with Crippen molar-refractivity contribution in [2.24, 2.45) is 0 Å². The highest BCUT2D eigenvalue weighted by molar-refractivity contribution is 9.10. The van der Waals surface area contributed by atoms with Crippen LogP contribution < -0.4 is 4.90 Å². The van der Waals surface area contributed by atoms with Gasteiger partial charge in [-0.15, -0.1) is 0 Å². The van der Waals surface area contributed by atoms with E-state index in [1.54, 1.807) is 23.1 Å². The number of hydrogen-bond donors (Lipinski definition) is 1. The van der Waals surface area contributed by atoms with Crippen molar-refractivity contribution in [2.45, 2.75) is 12.8 Å². The first kappa shape index (κ1) is 21.9. The Morgan fingerprint density at radius 2 is 1.79 bits per heavy atom. The number of anilines is 1. The SMILES string of the molecule is O=C(O)c1ccc(N2C(=O)/C(=C/c3ccc(-c4ccc(Br)cc4)o3)C=C2C2=CC=CCC2)cc1. The average molecular weight is 514 g/mol. The second-order valence-electron chi connectivity index (χ2n) is 7.99. The second-order valence-corrected chi connectivity index (χ2v) is 8.91. The van der Waals surface area contributed by atoms with Crippen molar-refractivity contribution in [1.29, 1.82) is 0 Å². The number of halogens is 1. The van der Waals surface area contributed by atoms with Crippen LogP contribution in [0.3, 0.4) is 0 Å². The van der Waals surface area contributed by atoms with Gasteiger partial charge in [-0.2, -0.15) is 0 Å². The third-order valence-electron chi connectivity index (χ3n) is 5.75. The first-order valence-electron chi connectivity index (χ1n) is 10.8. The van der Waals surface area contributed by atoms with E-state index in [4.69, 9.17) is 4.42 Å². The number of hydrogen-bond acceptors (Lipinski definition) is 3. The number of furan rings is 1. The molecule has 0 unspecified atom stereocenters. The Labute approximate surface area is 205 Å². The molecule has 0 saturated carbocycles. The molecular formula is C28H20BrNO4. The van der Waals surface area contributed by atoms with E-state index in [1.807, 2.05) is 54.6 Å². The lowest BCUT2D eigenvalue weighted by molar-refractivity contribution is -0.113. The Morgan fingerprint density at radius 1 is 1.03 bits per heavy atom. The third-order valence-corrected chi connectivity index (χ3v) is 6.28. The smallest absolute Gasteiger partial charge is 0.335 e. The standard InChI is InChI=1S/C28H20BrNO4/c29-22-10-6-19(7-11-22)26-15-14-24(34-26)16-21-17-25(18-4-2-1-3-5-18)30(27(21)31)23-12-8-20(9-13-23)28(32)33/h1-2,4,6-17H,3,5H2,(H,32,33)/b21-16+. The van der Waals surface area contributed by atoms with Crippen LogP contribution in [-0.2, 0) is 4.79 Å². The van der Waals surface area contributed by atoms with Crippen LogP contribution in [0.4, 0.5) is 5.69 Å². The number of allylic oxidation sites excluding steroid dienone is 4. The highest BCUT2D eigenvalue weighted by Gasteiger charge is 2.31. The number of rotatable bonds is 5. The molecule has 0 saturated heterocycles. The number of carbonyl (C=O) groups excluding carboxylic acids is 1. The lowest BCUT2D eigenvalue weighted by Gasteiger charge is -2.23. The van der Waals surface area contributed by atoms with Crippen molar-refractivity contribution in [3.05, 3.63) is 118 Å². The van der Waals surface area contributed by atoms with Gasteiger partial charge in [0.15, 0.2) is 0 Å². The number of nitrogens with zero attached hydrogens (tertiary/aromatic N) is 1. The number of aromatic carboxylic acids is 1. The molecule has 3 aromatic rings. The van der Waals surface area contributed by atoms with E-state index in [0.717, 1.165) is 39.9 Å². The fraction of sp³-hybridized carbons (Fsp3) is 0.0714. The van der Waals surface area contributed by atoms with Gasteiger partial charge in [0.25, 0.3) is 5.91 Å². The number of amides is 1. The minimum Gasteiger partial charge on any atom is -0.478 e. The molecule has 1 amide bonds. The van der Waals surface area contributed by atoms with Crippen molar-refractivity contribution < 1.29 is 19.1 Å². The molecule has 1 aromatic heterocycles. The molecule has 1 aliphatic heterocycles. The monoisotopic (exact) mass is 513 g/mol. The van der Waals surface area contributed by atoms with Crippen LogP contribution in [0.2, 0.25) is 0 Å². The fourth-order valence-electron chi connectivity index (χ4n) is 4.03. The molecule has 0 bridgehead atoms. The zero-order valence-corrected chi connectivity index (χ0v) is 19.7. The van der Waals surface area contributed by atoms with Gasteiger partial charge in [-0.25, -0.2) is 4.79 Å². The predicted octanol–water partition coefficient (Wildman–Crippen LogP) is 7.00. The van der Waals surface area contributed by atoms with Crippen molar-refractivity contribution in [3.8, 4) is 11.3 Å². The molecule has 2 aliphatic rings. The predicted molar refractivity (Wildman–Crippen MR) is 135 cm³/mol. The lowest BCUT2D eigenvalue weighted by atomic mass is 10.0. The summed E-state index contributed by atoms with van der Waals surface area (Å²) in [6.45, 7) is 0. The topological polar surface area (TPSA) is 70.8 Å². The summed E-state index contributed by atoms with van der Waals surface area (Å²) in [5, 5.41) is 9.22. The van der Waals surface area contributed by atoms with E-state index in [9.17, 15) is 14.7 Å². The van der Waals surface area contributed by atoms with Crippen LogP contribution in [-0.4, -0.2) is 17.0 Å². The molecule has 1 aliphatic carbocycles. The molecule has 1 N–H and O–H groups in total. The number of carboxylic acid groups (broad SMARTS) is 1. The van der Waals surface area contributed by atoms with Gasteiger partial charge in [0.05, 0.1) is 11.3 Å². The second kappa shape index (κ2) is 9.15. The molecule has 5 nitrogen and oxygen atoms in total. The molecule has 2 aromatic carbocycles. The maximum Gasteiger partial charge on any atom is 0.335 e. The van der Waals surface area contributed by atoms with Gasteiger partial charge in [-0.3, -0.25) is 9.69 Å². The molecule has 34 heavy (non-hydrogen) atoms. The quantitative estimate of drug-likeness (QED) is 0.373. The highest BCUT2D eigenvalue weighted by Crippen LogP contribution is 2.36. The first-order valence-corrected chi connectivity index (χ1v) is 11.6. The molecule has 2 heterocycles. The van der Waals surface area contributed by atoms with Crippen LogP contribution >= 0.6 is 15.9 Å². The van der Waals surface area contributed by atoms with Gasteiger partial charge in [0, 0.05) is 21.3 Å². The molecule has 0 atom stereocenters. The molecular weight excluding hydrogens is 494 g/mol. The summed E-state index contributed by atoms with van der Waals surface area (Å²) in [6.07, 6.45) is 11.4. The van der Waals surface area contributed by atoms with Crippen LogP contribution in [0.5, 0.6) is 0 Å². The zero-order valence-electron chi connectivity index (χ0n) is 18.1. The Hall–Kier alpha value is -3.90. The molecule has 5 rings (SSSR count). The van der Waals surface area contributed by atoms with E-state index >= 15 is 0 Å². The van der Waals surface area contributed by atoms with Crippen molar-refractivity contribution in [3.63, 3.8) is 0 Å². The van der Waals surface area contributed by atoms with Crippen LogP contribution in [0, 0.1) is 0 Å². The van der Waals surface area contributed by atoms with Crippen LogP contribution in [0.25, 0.3) is 17.4 Å². The largest absolute Gasteiger partial charge is 0.478 e. The Bertz CT molecular complexity index is 1390. The molecule has 6 heteroatoms. The van der Waals surface area contributed by atoms with E-state index < -0.39 is 5.97 Å². The van der Waals surface area contributed by atoms with E-state index in [2.05, 4.69) is 22.0 Å². The Balaban J connectivity index is 1.51.